The average Bonchev–Trinajstić information content (AvgIpc) is 2.80. The van der Waals surface area contributed by atoms with E-state index in [-0.39, 0.29) is 0 Å². The Kier molecular flexibility index (Phi) is 3.20. The van der Waals surface area contributed by atoms with Crippen molar-refractivity contribution in [3.8, 4) is 0 Å². The minimum atomic E-state index is 0.598. The fourth-order valence-corrected chi connectivity index (χ4v) is 1.92. The third kappa shape index (κ3) is 2.80. The highest BCUT2D eigenvalue weighted by Gasteiger charge is 2.35. The molecule has 0 nitrogen and oxygen atoms in total. The summed E-state index contributed by atoms with van der Waals surface area (Å²) in [6.07, 6.45) is 7.19. The van der Waals surface area contributed by atoms with Gasteiger partial charge in [0, 0.05) is 0 Å². The highest BCUT2D eigenvalue weighted by molar-refractivity contribution is 4.86. The van der Waals surface area contributed by atoms with Gasteiger partial charge in [0.25, 0.3) is 0 Å². The van der Waals surface area contributed by atoms with Crippen molar-refractivity contribution in [3.05, 3.63) is 0 Å². The summed E-state index contributed by atoms with van der Waals surface area (Å²) in [5, 5.41) is 0. The molecule has 0 aromatic rings. The quantitative estimate of drug-likeness (QED) is 0.575. The topological polar surface area (TPSA) is 0 Å². The molecule has 0 spiro atoms. The Morgan fingerprint density at radius 3 is 2.25 bits per heavy atom. The van der Waals surface area contributed by atoms with Gasteiger partial charge in [0.05, 0.1) is 0 Å². The summed E-state index contributed by atoms with van der Waals surface area (Å²) in [6, 6.07) is 0. The molecule has 1 aliphatic carbocycles. The molecule has 0 saturated heterocycles. The van der Waals surface area contributed by atoms with Crippen LogP contribution in [0.25, 0.3) is 0 Å². The van der Waals surface area contributed by atoms with Crippen molar-refractivity contribution in [3.63, 3.8) is 0 Å². The Morgan fingerprint density at radius 2 is 1.83 bits per heavy atom. The molecule has 0 bridgehead atoms. The molecule has 1 saturated carbocycles. The van der Waals surface area contributed by atoms with Gasteiger partial charge in [0.15, 0.2) is 0 Å². The van der Waals surface area contributed by atoms with Gasteiger partial charge in [-0.15, -0.1) is 0 Å². The maximum absolute atomic E-state index is 2.40. The summed E-state index contributed by atoms with van der Waals surface area (Å²) in [5.74, 6) is 2.19. The van der Waals surface area contributed by atoms with E-state index in [0.29, 0.717) is 5.41 Å². The Balaban J connectivity index is 2.11. The zero-order chi connectivity index (χ0) is 9.19. The lowest BCUT2D eigenvalue weighted by Crippen LogP contribution is -2.09. The van der Waals surface area contributed by atoms with Gasteiger partial charge in [0.1, 0.15) is 0 Å². The molecule has 72 valence electrons. The molecule has 0 radical (unpaired) electrons. The molecule has 0 N–H and O–H groups in total. The van der Waals surface area contributed by atoms with Gasteiger partial charge < -0.3 is 0 Å². The summed E-state index contributed by atoms with van der Waals surface area (Å²) in [7, 11) is 0. The first-order valence-electron chi connectivity index (χ1n) is 5.59. The zero-order valence-corrected chi connectivity index (χ0v) is 9.19. The van der Waals surface area contributed by atoms with Crippen molar-refractivity contribution in [2.24, 2.45) is 17.3 Å². The Labute approximate surface area is 77.7 Å². The lowest BCUT2D eigenvalue weighted by atomic mass is 9.84. The first-order chi connectivity index (χ1) is 5.59. The normalized spacial score (nSPS) is 29.0. The lowest BCUT2D eigenvalue weighted by Gasteiger charge is -2.22. The molecule has 12 heavy (non-hydrogen) atoms. The first kappa shape index (κ1) is 10.1. The second-order valence-electron chi connectivity index (χ2n) is 5.22. The van der Waals surface area contributed by atoms with E-state index in [9.17, 15) is 0 Å². The fourth-order valence-electron chi connectivity index (χ4n) is 1.92. The van der Waals surface area contributed by atoms with Crippen molar-refractivity contribution < 1.29 is 0 Å². The smallest absolute Gasteiger partial charge is 0.0357 e. The van der Waals surface area contributed by atoms with Gasteiger partial charge in [-0.1, -0.05) is 40.5 Å². The molecule has 0 aromatic heterocycles. The van der Waals surface area contributed by atoms with E-state index in [1.807, 2.05) is 0 Å². The van der Waals surface area contributed by atoms with E-state index >= 15 is 0 Å². The third-order valence-electron chi connectivity index (χ3n) is 3.74. The monoisotopic (exact) mass is 168 g/mol. The van der Waals surface area contributed by atoms with Crippen molar-refractivity contribution in [1.29, 1.82) is 0 Å². The van der Waals surface area contributed by atoms with E-state index in [0.717, 1.165) is 11.8 Å². The van der Waals surface area contributed by atoms with E-state index in [1.165, 1.54) is 32.1 Å². The average molecular weight is 168 g/mol. The second-order valence-corrected chi connectivity index (χ2v) is 5.22. The van der Waals surface area contributed by atoms with Gasteiger partial charge in [-0.2, -0.15) is 0 Å². The van der Waals surface area contributed by atoms with Crippen LogP contribution >= 0.6 is 0 Å². The zero-order valence-electron chi connectivity index (χ0n) is 9.19. The summed E-state index contributed by atoms with van der Waals surface area (Å²) >= 11 is 0. The molecule has 0 heterocycles. The predicted octanol–water partition coefficient (Wildman–Crippen LogP) is 4.25. The van der Waals surface area contributed by atoms with Crippen LogP contribution in [-0.4, -0.2) is 0 Å². The minimum Gasteiger partial charge on any atom is -0.0651 e. The lowest BCUT2D eigenvalue weighted by molar-refractivity contribution is 0.302. The van der Waals surface area contributed by atoms with Gasteiger partial charge in [0.2, 0.25) is 0 Å². The van der Waals surface area contributed by atoms with Crippen LogP contribution in [0.1, 0.15) is 59.8 Å². The molecule has 0 aromatic carbocycles. The number of hydrogen-bond donors (Lipinski definition) is 0. The summed E-state index contributed by atoms with van der Waals surface area (Å²) < 4.78 is 0. The van der Waals surface area contributed by atoms with Crippen molar-refractivity contribution >= 4 is 0 Å². The molecule has 0 heteroatoms. The van der Waals surface area contributed by atoms with Crippen LogP contribution < -0.4 is 0 Å². The van der Waals surface area contributed by atoms with Crippen LogP contribution in [0.3, 0.4) is 0 Å². The van der Waals surface area contributed by atoms with Crippen LogP contribution in [0.5, 0.6) is 0 Å². The van der Waals surface area contributed by atoms with Crippen molar-refractivity contribution in [2.45, 2.75) is 59.8 Å². The standard InChI is InChI=1S/C12H24/c1-5-10-9-11(10)7-8-12(3,4)6-2/h10-11H,5-9H2,1-4H3. The Hall–Kier alpha value is 0. The third-order valence-corrected chi connectivity index (χ3v) is 3.74. The van der Waals surface area contributed by atoms with E-state index in [2.05, 4.69) is 27.7 Å². The maximum atomic E-state index is 2.40. The van der Waals surface area contributed by atoms with Crippen LogP contribution in [0.2, 0.25) is 0 Å². The molecular weight excluding hydrogens is 144 g/mol. The first-order valence-corrected chi connectivity index (χ1v) is 5.59. The molecule has 0 aliphatic heterocycles. The Morgan fingerprint density at radius 1 is 1.17 bits per heavy atom. The van der Waals surface area contributed by atoms with Gasteiger partial charge >= 0.3 is 0 Å². The molecule has 1 fully saturated rings. The van der Waals surface area contributed by atoms with E-state index in [1.54, 1.807) is 0 Å². The van der Waals surface area contributed by atoms with Crippen molar-refractivity contribution in [2.75, 3.05) is 0 Å². The number of hydrogen-bond acceptors (Lipinski definition) is 0. The summed E-state index contributed by atoms with van der Waals surface area (Å²) in [5.41, 5.74) is 0.598. The van der Waals surface area contributed by atoms with E-state index in [4.69, 9.17) is 0 Å². The largest absolute Gasteiger partial charge is 0.0651 e. The summed E-state index contributed by atoms with van der Waals surface area (Å²) in [4.78, 5) is 0. The molecule has 1 rings (SSSR count). The molecule has 1 aliphatic rings. The summed E-state index contributed by atoms with van der Waals surface area (Å²) in [6.45, 7) is 9.44. The molecule has 2 unspecified atom stereocenters. The van der Waals surface area contributed by atoms with Crippen molar-refractivity contribution in [1.82, 2.24) is 0 Å². The second kappa shape index (κ2) is 3.81. The van der Waals surface area contributed by atoms with Crippen LogP contribution in [-0.2, 0) is 0 Å². The van der Waals surface area contributed by atoms with Crippen LogP contribution in [0.15, 0.2) is 0 Å². The molecular formula is C12H24. The number of rotatable bonds is 5. The SMILES string of the molecule is CCC1CC1CCC(C)(C)CC. The molecule has 0 amide bonds. The minimum absolute atomic E-state index is 0.598. The van der Waals surface area contributed by atoms with Crippen LogP contribution in [0.4, 0.5) is 0 Å². The molecule has 2 atom stereocenters. The Bertz CT molecular complexity index is 135. The van der Waals surface area contributed by atoms with E-state index < -0.39 is 0 Å². The highest BCUT2D eigenvalue weighted by atomic mass is 14.4. The maximum Gasteiger partial charge on any atom is -0.0357 e. The fraction of sp³-hybridized carbons (Fsp3) is 1.00. The van der Waals surface area contributed by atoms with Gasteiger partial charge in [-0.05, 0) is 36.5 Å². The van der Waals surface area contributed by atoms with Gasteiger partial charge in [-0.25, -0.2) is 0 Å². The predicted molar refractivity (Wildman–Crippen MR) is 55.2 cm³/mol. The van der Waals surface area contributed by atoms with Crippen LogP contribution in [0, 0.1) is 17.3 Å². The van der Waals surface area contributed by atoms with Gasteiger partial charge in [-0.3, -0.25) is 0 Å². The highest BCUT2D eigenvalue weighted by Crippen LogP contribution is 2.46.